The maximum atomic E-state index is 13.0. The molecule has 0 unspecified atom stereocenters. The van der Waals surface area contributed by atoms with Crippen LogP contribution in [0.15, 0.2) is 36.4 Å². The molecule has 21 heteroatoms. The Morgan fingerprint density at radius 3 is 1.70 bits per heavy atom. The van der Waals surface area contributed by atoms with Gasteiger partial charge < -0.3 is 39.2 Å². The number of urea groups is 2. The third-order valence-electron chi connectivity index (χ3n) is 10.6. The first-order valence-electron chi connectivity index (χ1n) is 19.9. The largest absolute Gasteiger partial charge is 1.00 e. The van der Waals surface area contributed by atoms with Crippen LogP contribution in [0.4, 0.5) is 9.59 Å². The van der Waals surface area contributed by atoms with Crippen LogP contribution in [0.5, 0.6) is 0 Å². The topological polar surface area (TPSA) is 178 Å². The van der Waals surface area contributed by atoms with Crippen LogP contribution in [0.2, 0.25) is 8.67 Å². The van der Waals surface area contributed by atoms with Gasteiger partial charge in [0.2, 0.25) is 0 Å². The van der Waals surface area contributed by atoms with Crippen molar-refractivity contribution in [3.8, 4) is 0 Å². The smallest absolute Gasteiger partial charge is 0.662 e. The van der Waals surface area contributed by atoms with Crippen LogP contribution in [0.3, 0.4) is 0 Å². The van der Waals surface area contributed by atoms with Crippen LogP contribution in [-0.4, -0.2) is 143 Å². The minimum absolute atomic E-state index is 0. The van der Waals surface area contributed by atoms with Crippen LogP contribution in [0.25, 0.3) is 0 Å². The van der Waals surface area contributed by atoms with Gasteiger partial charge in [-0.1, -0.05) is 44.0 Å². The fraction of sp³-hybridized carbons (Fsp3) is 0.550. The second kappa shape index (κ2) is 23.1. The average Bonchev–Trinajstić information content (AvgIpc) is 4.04. The van der Waals surface area contributed by atoms with Gasteiger partial charge >= 0.3 is 41.6 Å². The van der Waals surface area contributed by atoms with Crippen molar-refractivity contribution in [2.75, 3.05) is 78.8 Å². The molecule has 0 spiro atoms. The van der Waals surface area contributed by atoms with E-state index in [4.69, 9.17) is 47.8 Å². The molecule has 4 aliphatic heterocycles. The first-order valence-corrected chi connectivity index (χ1v) is 22.3. The summed E-state index contributed by atoms with van der Waals surface area (Å²) in [5.74, 6) is 0.485. The molecule has 0 atom stereocenters. The molecule has 4 amide bonds. The molecule has 4 aromatic rings. The van der Waals surface area contributed by atoms with E-state index in [0.29, 0.717) is 71.6 Å². The number of nitrogens with zero attached hydrogens (tertiary/aromatic N) is 7. The van der Waals surface area contributed by atoms with Crippen molar-refractivity contribution in [3.63, 3.8) is 0 Å². The molecular weight excluding hydrogens is 879 g/mol. The number of hydrogen-bond acceptors (Lipinski definition) is 12. The third-order valence-corrected chi connectivity index (χ3v) is 13.1. The van der Waals surface area contributed by atoms with Gasteiger partial charge in [-0.25, -0.2) is 14.3 Å². The molecule has 8 heterocycles. The predicted octanol–water partition coefficient (Wildman–Crippen LogP) is 2.12. The molecule has 4 fully saturated rings. The standard InChI is InChI=1S/C22H29ClN4O3S.C17H21ClN4O2S.CH2O3.Na/c1-22(2,3)20(28)27-16(4-5-17-6-7-19(23)31-17)12-18(24-27)15-13-26(14-15)21(29)25-8-10-30-11-9-25;18-16-4-3-14(25-16)2-1-13-9-15(20-19-13)12-10-22(11-12)17(23)21-5-7-24-8-6-21;2-1-4-3;/h6-7,12,15H,4-5,8-11,13-14H2,1-3H3;3-4,9,12H,1-2,5-8,10-11H2,(H,19,20);1,3H;/q;;;+1/p-1. The normalized spacial score (nSPS) is 16.9. The summed E-state index contributed by atoms with van der Waals surface area (Å²) in [5.41, 5.74) is 3.48. The predicted molar refractivity (Wildman–Crippen MR) is 226 cm³/mol. The average molecular weight is 930 g/mol. The Labute approximate surface area is 395 Å². The van der Waals surface area contributed by atoms with Crippen LogP contribution in [-0.2, 0) is 44.8 Å². The van der Waals surface area contributed by atoms with E-state index in [-0.39, 0.29) is 59.9 Å². The van der Waals surface area contributed by atoms with Gasteiger partial charge in [0.05, 0.1) is 46.5 Å². The fourth-order valence-corrected chi connectivity index (χ4v) is 9.24. The quantitative estimate of drug-likeness (QED) is 0.113. The Balaban J connectivity index is 0.000000213. The molecule has 4 aliphatic rings. The number of likely N-dealkylation sites (tertiary alicyclic amines) is 2. The molecule has 0 aliphatic carbocycles. The summed E-state index contributed by atoms with van der Waals surface area (Å²) < 4.78 is 13.8. The minimum Gasteiger partial charge on any atom is -0.662 e. The van der Waals surface area contributed by atoms with Crippen LogP contribution < -0.4 is 34.8 Å². The Hall–Kier alpha value is -3.04. The molecule has 61 heavy (non-hydrogen) atoms. The van der Waals surface area contributed by atoms with Crippen LogP contribution in [0.1, 0.15) is 69.9 Å². The number of amides is 4. The molecule has 0 bridgehead atoms. The van der Waals surface area contributed by atoms with E-state index in [2.05, 4.69) is 27.2 Å². The van der Waals surface area contributed by atoms with Crippen molar-refractivity contribution in [3.05, 3.63) is 77.6 Å². The molecular formula is C40H51Cl2N8NaO8S2. The van der Waals surface area contributed by atoms with E-state index < -0.39 is 5.41 Å². The zero-order chi connectivity index (χ0) is 42.8. The number of carbonyl (C=O) groups excluding carboxylic acids is 4. The number of nitrogens with one attached hydrogen (secondary N) is 1. The molecule has 0 radical (unpaired) electrons. The first kappa shape index (κ1) is 49.0. The summed E-state index contributed by atoms with van der Waals surface area (Å²) in [4.78, 5) is 59.2. The molecule has 8 rings (SSSR count). The van der Waals surface area contributed by atoms with Crippen LogP contribution >= 0.6 is 45.9 Å². The number of halogens is 2. The molecule has 4 saturated heterocycles. The number of carbonyl (C=O) groups is 4. The summed E-state index contributed by atoms with van der Waals surface area (Å²) in [5, 5.41) is 20.7. The van der Waals surface area contributed by atoms with Crippen LogP contribution in [0, 0.1) is 5.41 Å². The number of H-pyrrole nitrogens is 1. The van der Waals surface area contributed by atoms with E-state index in [1.807, 2.05) is 64.6 Å². The number of aromatic amines is 1. The van der Waals surface area contributed by atoms with Gasteiger partial charge in [0.15, 0.2) is 0 Å². The Bertz CT molecular complexity index is 2050. The monoisotopic (exact) mass is 928 g/mol. The minimum atomic E-state index is -0.526. The van der Waals surface area contributed by atoms with Gasteiger partial charge in [-0.15, -0.1) is 22.7 Å². The van der Waals surface area contributed by atoms with Crippen molar-refractivity contribution < 1.29 is 68.4 Å². The van der Waals surface area contributed by atoms with Gasteiger partial charge in [-0.2, -0.15) is 10.2 Å². The molecule has 16 nitrogen and oxygen atoms in total. The summed E-state index contributed by atoms with van der Waals surface area (Å²) in [6.07, 6.45) is 3.42. The van der Waals surface area contributed by atoms with E-state index in [1.54, 1.807) is 27.4 Å². The number of hydrogen-bond donors (Lipinski definition) is 1. The van der Waals surface area contributed by atoms with E-state index >= 15 is 0 Å². The van der Waals surface area contributed by atoms with Crippen molar-refractivity contribution in [2.24, 2.45) is 5.41 Å². The van der Waals surface area contributed by atoms with Gasteiger partial charge in [0.25, 0.3) is 12.4 Å². The van der Waals surface area contributed by atoms with E-state index in [9.17, 15) is 14.4 Å². The summed E-state index contributed by atoms with van der Waals surface area (Å²) in [7, 11) is 0. The Morgan fingerprint density at radius 1 is 0.787 bits per heavy atom. The number of thiophene rings is 2. The zero-order valence-electron chi connectivity index (χ0n) is 35.0. The Kier molecular flexibility index (Phi) is 18.5. The summed E-state index contributed by atoms with van der Waals surface area (Å²) in [6, 6.07) is 12.3. The summed E-state index contributed by atoms with van der Waals surface area (Å²) in [6.45, 7) is 13.5. The third kappa shape index (κ3) is 13.5. The van der Waals surface area contributed by atoms with Gasteiger partial charge in [0, 0.05) is 90.8 Å². The maximum Gasteiger partial charge on any atom is 1.00 e. The van der Waals surface area contributed by atoms with Crippen molar-refractivity contribution in [1.82, 2.24) is 39.6 Å². The van der Waals surface area contributed by atoms with E-state index in [0.717, 1.165) is 70.2 Å². The molecule has 326 valence electrons. The van der Waals surface area contributed by atoms with Crippen molar-refractivity contribution >= 4 is 70.3 Å². The number of rotatable bonds is 9. The number of aromatic nitrogens is 4. The van der Waals surface area contributed by atoms with E-state index in [1.165, 1.54) is 9.75 Å². The van der Waals surface area contributed by atoms with Crippen molar-refractivity contribution in [1.29, 1.82) is 0 Å². The molecule has 4 aromatic heterocycles. The second-order valence-corrected chi connectivity index (χ2v) is 19.5. The zero-order valence-corrected chi connectivity index (χ0v) is 40.1. The summed E-state index contributed by atoms with van der Waals surface area (Å²) >= 11 is 15.2. The first-order chi connectivity index (χ1) is 28.8. The second-order valence-electron chi connectivity index (χ2n) is 15.9. The number of aryl methyl sites for hydroxylation is 4. The Morgan fingerprint density at radius 2 is 1.26 bits per heavy atom. The molecule has 0 saturated carbocycles. The molecule has 0 aromatic carbocycles. The van der Waals surface area contributed by atoms with Gasteiger partial charge in [-0.05, 0) is 62.1 Å². The number of morpholine rings is 2. The SMILES string of the molecule is CC(C)(C)C(=O)n1nc(C2CN(C(=O)N3CCOCC3)C2)cc1CCc1ccc(Cl)s1.O=C(N1CCOCC1)N1CC(c2cc(CCc3ccc(Cl)s3)[nH]n2)C1.O=CO[O-].[Na+]. The number of ether oxygens (including phenoxy) is 2. The maximum absolute atomic E-state index is 13.0. The molecule has 1 N–H and O–H groups in total. The fourth-order valence-electron chi connectivity index (χ4n) is 7.06. The van der Waals surface area contributed by atoms with Gasteiger partial charge in [0.1, 0.15) is 0 Å². The van der Waals surface area contributed by atoms with Crippen molar-refractivity contribution in [2.45, 2.75) is 58.3 Å². The van der Waals surface area contributed by atoms with Gasteiger partial charge in [-0.3, -0.25) is 14.7 Å².